The highest BCUT2D eigenvalue weighted by atomic mass is 32.2. The van der Waals surface area contributed by atoms with Gasteiger partial charge in [0.25, 0.3) is 0 Å². The summed E-state index contributed by atoms with van der Waals surface area (Å²) in [5, 5.41) is 6.43. The molecule has 0 bridgehead atoms. The largest absolute Gasteiger partial charge is 0.511 e. The third kappa shape index (κ3) is 5.53. The third-order valence-electron chi connectivity index (χ3n) is 5.95. The van der Waals surface area contributed by atoms with Gasteiger partial charge in [0.15, 0.2) is 5.96 Å². The molecule has 0 amide bonds. The number of nitrogens with one attached hydrogen (secondary N) is 2. The molecule has 0 radical (unpaired) electrons. The lowest BCUT2D eigenvalue weighted by atomic mass is 9.98. The molecule has 0 saturated carbocycles. The molecule has 8 nitrogen and oxygen atoms in total. The minimum absolute atomic E-state index is 0.0875. The molecule has 3 fully saturated rings. The first kappa shape index (κ1) is 22.6. The second kappa shape index (κ2) is 9.36. The normalized spacial score (nSPS) is 28.3. The fraction of sp³-hybridized carbons (Fsp3) is 0.941. The lowest BCUT2D eigenvalue weighted by Gasteiger charge is -2.35. The van der Waals surface area contributed by atoms with Crippen LogP contribution in [-0.2, 0) is 14.8 Å². The van der Waals surface area contributed by atoms with Gasteiger partial charge >= 0.3 is 15.5 Å². The smallest absolute Gasteiger partial charge is 0.373 e. The van der Waals surface area contributed by atoms with E-state index in [9.17, 15) is 21.6 Å². The maximum atomic E-state index is 12.6. The van der Waals surface area contributed by atoms with Crippen molar-refractivity contribution >= 4 is 16.0 Å². The number of morpholine rings is 1. The molecule has 0 aromatic carbocycles. The molecule has 3 aliphatic rings. The summed E-state index contributed by atoms with van der Waals surface area (Å²) in [5.41, 5.74) is -5.24. The highest BCUT2D eigenvalue weighted by Gasteiger charge is 2.50. The number of ether oxygens (including phenoxy) is 1. The number of nitrogens with zero attached hydrogens (tertiary/aromatic N) is 3. The SMILES string of the molecule is CN=C(NCC1CCN(S(=O)(=O)C(F)(F)F)CC1)NCC1CN2CCCC2CO1. The van der Waals surface area contributed by atoms with Crippen LogP contribution in [0.4, 0.5) is 13.2 Å². The van der Waals surface area contributed by atoms with Crippen LogP contribution in [0, 0.1) is 5.92 Å². The van der Waals surface area contributed by atoms with Gasteiger partial charge < -0.3 is 15.4 Å². The van der Waals surface area contributed by atoms with Crippen LogP contribution >= 0.6 is 0 Å². The third-order valence-corrected chi connectivity index (χ3v) is 7.58. The number of hydrogen-bond acceptors (Lipinski definition) is 5. The van der Waals surface area contributed by atoms with E-state index in [1.807, 2.05) is 0 Å². The Morgan fingerprint density at radius 3 is 2.48 bits per heavy atom. The van der Waals surface area contributed by atoms with Gasteiger partial charge in [0.05, 0.1) is 12.7 Å². The van der Waals surface area contributed by atoms with Crippen LogP contribution in [0.5, 0.6) is 0 Å². The van der Waals surface area contributed by atoms with Gasteiger partial charge in [-0.1, -0.05) is 0 Å². The van der Waals surface area contributed by atoms with E-state index < -0.39 is 15.5 Å². The fourth-order valence-electron chi connectivity index (χ4n) is 4.18. The molecule has 29 heavy (non-hydrogen) atoms. The van der Waals surface area contributed by atoms with Gasteiger partial charge in [0.1, 0.15) is 0 Å². The Morgan fingerprint density at radius 2 is 1.83 bits per heavy atom. The van der Waals surface area contributed by atoms with E-state index >= 15 is 0 Å². The predicted octanol–water partition coefficient (Wildman–Crippen LogP) is 0.576. The number of fused-ring (bicyclic) bond motifs is 1. The number of aliphatic imine (C=N–C) groups is 1. The molecule has 0 aromatic rings. The average molecular weight is 442 g/mol. The van der Waals surface area contributed by atoms with Gasteiger partial charge in [0, 0.05) is 45.8 Å². The van der Waals surface area contributed by atoms with Crippen LogP contribution in [-0.4, -0.2) is 94.2 Å². The van der Waals surface area contributed by atoms with E-state index in [1.54, 1.807) is 7.05 Å². The number of guanidine groups is 1. The molecule has 3 aliphatic heterocycles. The second-order valence-corrected chi connectivity index (χ2v) is 9.80. The Morgan fingerprint density at radius 1 is 1.14 bits per heavy atom. The summed E-state index contributed by atoms with van der Waals surface area (Å²) in [6.45, 7) is 3.71. The van der Waals surface area contributed by atoms with Crippen molar-refractivity contribution in [1.82, 2.24) is 19.8 Å². The van der Waals surface area contributed by atoms with Crippen molar-refractivity contribution in [2.45, 2.75) is 43.3 Å². The summed E-state index contributed by atoms with van der Waals surface area (Å²) < 4.78 is 67.3. The van der Waals surface area contributed by atoms with Crippen LogP contribution < -0.4 is 10.6 Å². The molecular formula is C17H30F3N5O3S. The van der Waals surface area contributed by atoms with Gasteiger partial charge in [-0.2, -0.15) is 17.5 Å². The molecule has 2 unspecified atom stereocenters. The maximum absolute atomic E-state index is 12.6. The number of halogens is 3. The van der Waals surface area contributed by atoms with E-state index in [1.165, 1.54) is 12.8 Å². The summed E-state index contributed by atoms with van der Waals surface area (Å²) >= 11 is 0. The zero-order valence-electron chi connectivity index (χ0n) is 16.6. The van der Waals surface area contributed by atoms with Gasteiger partial charge in [0.2, 0.25) is 0 Å². The Kier molecular flexibility index (Phi) is 7.28. The zero-order valence-corrected chi connectivity index (χ0v) is 17.4. The maximum Gasteiger partial charge on any atom is 0.511 e. The highest BCUT2D eigenvalue weighted by molar-refractivity contribution is 7.90. The molecule has 0 aromatic heterocycles. The molecule has 2 atom stereocenters. The van der Waals surface area contributed by atoms with Crippen LogP contribution in [0.15, 0.2) is 4.99 Å². The molecule has 168 valence electrons. The Labute approximate surface area is 169 Å². The summed E-state index contributed by atoms with van der Waals surface area (Å²) in [6.07, 6.45) is 3.27. The number of sulfonamides is 1. The van der Waals surface area contributed by atoms with E-state index in [2.05, 4.69) is 20.5 Å². The Hall–Kier alpha value is -1.11. The molecule has 3 rings (SSSR count). The van der Waals surface area contributed by atoms with Crippen molar-refractivity contribution < 1.29 is 26.3 Å². The first-order valence-electron chi connectivity index (χ1n) is 10.1. The average Bonchev–Trinajstić information content (AvgIpc) is 3.15. The second-order valence-electron chi connectivity index (χ2n) is 7.87. The number of hydrogen-bond donors (Lipinski definition) is 2. The summed E-state index contributed by atoms with van der Waals surface area (Å²) in [6, 6.07) is 0.552. The van der Waals surface area contributed by atoms with Crippen LogP contribution in [0.1, 0.15) is 25.7 Å². The molecular weight excluding hydrogens is 411 g/mol. The molecule has 3 saturated heterocycles. The molecule has 0 spiro atoms. The first-order chi connectivity index (χ1) is 13.7. The van der Waals surface area contributed by atoms with Crippen LogP contribution in [0.2, 0.25) is 0 Å². The van der Waals surface area contributed by atoms with Gasteiger partial charge in [-0.3, -0.25) is 9.89 Å². The predicted molar refractivity (Wildman–Crippen MR) is 103 cm³/mol. The van der Waals surface area contributed by atoms with Crippen molar-refractivity contribution in [1.29, 1.82) is 0 Å². The van der Waals surface area contributed by atoms with Gasteiger partial charge in [-0.05, 0) is 38.1 Å². The Balaban J connectivity index is 1.37. The molecule has 2 N–H and O–H groups in total. The van der Waals surface area contributed by atoms with Crippen molar-refractivity contribution in [2.24, 2.45) is 10.9 Å². The van der Waals surface area contributed by atoms with Crippen LogP contribution in [0.3, 0.4) is 0 Å². The van der Waals surface area contributed by atoms with Crippen molar-refractivity contribution in [2.75, 3.05) is 52.9 Å². The summed E-state index contributed by atoms with van der Waals surface area (Å²) in [5.74, 6) is 0.701. The van der Waals surface area contributed by atoms with Crippen LogP contribution in [0.25, 0.3) is 0 Å². The van der Waals surface area contributed by atoms with E-state index in [0.717, 1.165) is 19.7 Å². The zero-order chi connectivity index (χ0) is 21.1. The minimum atomic E-state index is -5.24. The van der Waals surface area contributed by atoms with E-state index in [-0.39, 0.29) is 25.1 Å². The first-order valence-corrected chi connectivity index (χ1v) is 11.5. The molecule has 0 aliphatic carbocycles. The molecule has 12 heteroatoms. The summed E-state index contributed by atoms with van der Waals surface area (Å²) in [7, 11) is -3.57. The van der Waals surface area contributed by atoms with E-state index in [4.69, 9.17) is 4.74 Å². The lowest BCUT2D eigenvalue weighted by Crippen LogP contribution is -2.52. The highest BCUT2D eigenvalue weighted by Crippen LogP contribution is 2.30. The minimum Gasteiger partial charge on any atom is -0.373 e. The number of rotatable bonds is 5. The topological polar surface area (TPSA) is 86.3 Å². The van der Waals surface area contributed by atoms with Crippen molar-refractivity contribution in [3.05, 3.63) is 0 Å². The fourth-order valence-corrected chi connectivity index (χ4v) is 5.17. The monoisotopic (exact) mass is 441 g/mol. The standard InChI is InChI=1S/C17H30F3N5O3S/c1-21-16(23-10-15-11-24-6-2-3-14(24)12-28-15)22-9-13-4-7-25(8-5-13)29(26,27)17(18,19)20/h13-15H,2-12H2,1H3,(H2,21,22,23). The number of alkyl halides is 3. The Bertz CT molecular complexity index is 680. The van der Waals surface area contributed by atoms with Gasteiger partial charge in [-0.25, -0.2) is 8.42 Å². The number of piperidine rings is 1. The van der Waals surface area contributed by atoms with Crippen molar-refractivity contribution in [3.63, 3.8) is 0 Å². The summed E-state index contributed by atoms with van der Waals surface area (Å²) in [4.78, 5) is 6.65. The quantitative estimate of drug-likeness (QED) is 0.480. The van der Waals surface area contributed by atoms with Crippen molar-refractivity contribution in [3.8, 4) is 0 Å². The molecule has 3 heterocycles. The van der Waals surface area contributed by atoms with Gasteiger partial charge in [-0.15, -0.1) is 0 Å². The van der Waals surface area contributed by atoms with E-state index in [0.29, 0.717) is 42.2 Å². The lowest BCUT2D eigenvalue weighted by molar-refractivity contribution is -0.0496.